The number of fused-ring (bicyclic) bond motifs is 3. The Kier molecular flexibility index (Phi) is 8.67. The summed E-state index contributed by atoms with van der Waals surface area (Å²) in [5.41, 5.74) is 2.60. The summed E-state index contributed by atoms with van der Waals surface area (Å²) in [5.74, 6) is 7.58. The lowest BCUT2D eigenvalue weighted by molar-refractivity contribution is 0.152. The molecule has 0 bridgehead atoms. The van der Waals surface area contributed by atoms with E-state index in [0.29, 0.717) is 18.8 Å². The van der Waals surface area contributed by atoms with Gasteiger partial charge < -0.3 is 19.8 Å². The Morgan fingerprint density at radius 1 is 1.24 bits per heavy atom. The first-order valence-electron chi connectivity index (χ1n) is 12.6. The van der Waals surface area contributed by atoms with Crippen LogP contribution in [0.1, 0.15) is 89.7 Å². The number of aliphatic hydroxyl groups excluding tert-OH is 2. The summed E-state index contributed by atoms with van der Waals surface area (Å²) in [6, 6.07) is 6.47. The summed E-state index contributed by atoms with van der Waals surface area (Å²) in [6.07, 6.45) is 7.69. The second-order valence-electron chi connectivity index (χ2n) is 11.0. The third kappa shape index (κ3) is 6.41. The molecule has 0 spiro atoms. The van der Waals surface area contributed by atoms with E-state index < -0.39 is 6.10 Å². The predicted molar refractivity (Wildman–Crippen MR) is 136 cm³/mol. The zero-order valence-corrected chi connectivity index (χ0v) is 21.3. The molecule has 1 aliphatic heterocycles. The van der Waals surface area contributed by atoms with Gasteiger partial charge in [-0.2, -0.15) is 0 Å². The molecule has 1 saturated carbocycles. The van der Waals surface area contributed by atoms with Crippen molar-refractivity contribution >= 4 is 0 Å². The summed E-state index contributed by atoms with van der Waals surface area (Å²) in [7, 11) is 2.18. The highest BCUT2D eigenvalue weighted by Gasteiger charge is 2.43. The maximum atomic E-state index is 10.7. The van der Waals surface area contributed by atoms with Crippen molar-refractivity contribution in [1.29, 1.82) is 0 Å². The third-order valence-corrected chi connectivity index (χ3v) is 7.50. The molecule has 0 radical (unpaired) electrons. The van der Waals surface area contributed by atoms with Gasteiger partial charge in [0.25, 0.3) is 0 Å². The highest BCUT2D eigenvalue weighted by Crippen LogP contribution is 2.50. The van der Waals surface area contributed by atoms with E-state index in [-0.39, 0.29) is 29.6 Å². The Morgan fingerprint density at radius 3 is 2.70 bits per heavy atom. The van der Waals surface area contributed by atoms with Gasteiger partial charge in [-0.1, -0.05) is 37.3 Å². The molecule has 1 aromatic rings. The fraction of sp³-hybridized carbons (Fsp3) is 0.655. The zero-order valence-electron chi connectivity index (χ0n) is 21.3. The SMILES string of the molecule is CC#CC[C@H](C)[C@H](O)/C=C/[C@@H](CCCN(C)C(C)(C)C)c1cccc2c1O[C@H]1C[C@H](O)C[C@@H]21. The summed E-state index contributed by atoms with van der Waals surface area (Å²) in [4.78, 5) is 2.39. The number of hydrogen-bond acceptors (Lipinski definition) is 4. The number of nitrogens with zero attached hydrogens (tertiary/aromatic N) is 1. The Bertz CT molecular complexity index is 875. The van der Waals surface area contributed by atoms with Crippen LogP contribution in [0.25, 0.3) is 0 Å². The van der Waals surface area contributed by atoms with Crippen LogP contribution in [0.4, 0.5) is 0 Å². The lowest BCUT2D eigenvalue weighted by Crippen LogP contribution is -2.38. The molecule has 3 rings (SSSR count). The van der Waals surface area contributed by atoms with Crippen molar-refractivity contribution in [3.05, 3.63) is 41.5 Å². The summed E-state index contributed by atoms with van der Waals surface area (Å²) in [5, 5.41) is 20.8. The van der Waals surface area contributed by atoms with E-state index >= 15 is 0 Å². The fourth-order valence-electron chi connectivity index (χ4n) is 4.94. The maximum Gasteiger partial charge on any atom is 0.127 e. The van der Waals surface area contributed by atoms with Crippen LogP contribution in [-0.4, -0.2) is 52.6 Å². The van der Waals surface area contributed by atoms with Gasteiger partial charge in [0.15, 0.2) is 0 Å². The first kappa shape index (κ1) is 25.8. The monoisotopic (exact) mass is 453 g/mol. The molecule has 1 fully saturated rings. The van der Waals surface area contributed by atoms with Gasteiger partial charge >= 0.3 is 0 Å². The molecule has 2 N–H and O–H groups in total. The Hall–Kier alpha value is -1.80. The van der Waals surface area contributed by atoms with Gasteiger partial charge in [-0.3, -0.25) is 0 Å². The normalized spacial score (nSPS) is 24.7. The molecule has 1 aromatic carbocycles. The van der Waals surface area contributed by atoms with Crippen molar-refractivity contribution in [1.82, 2.24) is 4.90 Å². The fourth-order valence-corrected chi connectivity index (χ4v) is 4.94. The zero-order chi connectivity index (χ0) is 24.2. The van der Waals surface area contributed by atoms with Gasteiger partial charge in [-0.15, -0.1) is 11.8 Å². The van der Waals surface area contributed by atoms with Gasteiger partial charge in [-0.25, -0.2) is 0 Å². The van der Waals surface area contributed by atoms with Crippen LogP contribution in [0.5, 0.6) is 5.75 Å². The minimum absolute atomic E-state index is 0.0889. The van der Waals surface area contributed by atoms with Crippen LogP contribution < -0.4 is 4.74 Å². The number of aliphatic hydroxyl groups is 2. The third-order valence-electron chi connectivity index (χ3n) is 7.50. The van der Waals surface area contributed by atoms with E-state index in [0.717, 1.165) is 31.6 Å². The van der Waals surface area contributed by atoms with Gasteiger partial charge in [0.1, 0.15) is 11.9 Å². The van der Waals surface area contributed by atoms with E-state index in [2.05, 4.69) is 68.8 Å². The van der Waals surface area contributed by atoms with Crippen LogP contribution >= 0.6 is 0 Å². The van der Waals surface area contributed by atoms with Crippen LogP contribution in [0, 0.1) is 17.8 Å². The lowest BCUT2D eigenvalue weighted by atomic mass is 9.88. The first-order chi connectivity index (χ1) is 15.6. The molecule has 0 amide bonds. The van der Waals surface area contributed by atoms with E-state index in [1.807, 2.05) is 19.9 Å². The molecule has 1 aliphatic carbocycles. The average molecular weight is 454 g/mol. The molecule has 33 heavy (non-hydrogen) atoms. The van der Waals surface area contributed by atoms with Crippen molar-refractivity contribution in [3.8, 4) is 17.6 Å². The smallest absolute Gasteiger partial charge is 0.127 e. The first-order valence-corrected chi connectivity index (χ1v) is 12.6. The topological polar surface area (TPSA) is 52.9 Å². The molecular weight excluding hydrogens is 410 g/mol. The van der Waals surface area contributed by atoms with Crippen molar-refractivity contribution in [2.45, 2.75) is 102 Å². The van der Waals surface area contributed by atoms with Crippen molar-refractivity contribution in [3.63, 3.8) is 0 Å². The second kappa shape index (κ2) is 11.1. The van der Waals surface area contributed by atoms with Gasteiger partial charge in [0.2, 0.25) is 0 Å². The second-order valence-corrected chi connectivity index (χ2v) is 11.0. The number of para-hydroxylation sites is 1. The van der Waals surface area contributed by atoms with Crippen LogP contribution in [0.3, 0.4) is 0 Å². The molecular formula is C29H43NO3. The average Bonchev–Trinajstić information content (AvgIpc) is 3.29. The Balaban J connectivity index is 1.80. The highest BCUT2D eigenvalue weighted by atomic mass is 16.5. The van der Waals surface area contributed by atoms with E-state index in [1.165, 1.54) is 11.1 Å². The van der Waals surface area contributed by atoms with Crippen molar-refractivity contribution < 1.29 is 14.9 Å². The molecule has 2 aliphatic rings. The lowest BCUT2D eigenvalue weighted by Gasteiger charge is -2.32. The van der Waals surface area contributed by atoms with Gasteiger partial charge in [0, 0.05) is 41.3 Å². The van der Waals surface area contributed by atoms with E-state index in [1.54, 1.807) is 0 Å². The number of hydrogen-bond donors (Lipinski definition) is 2. The van der Waals surface area contributed by atoms with Crippen LogP contribution in [0.2, 0.25) is 0 Å². The number of benzene rings is 1. The predicted octanol–water partition coefficient (Wildman–Crippen LogP) is 5.25. The Labute approximate surface area is 201 Å². The molecule has 4 nitrogen and oxygen atoms in total. The van der Waals surface area contributed by atoms with E-state index in [9.17, 15) is 10.2 Å². The van der Waals surface area contributed by atoms with Crippen LogP contribution in [0.15, 0.2) is 30.4 Å². The molecule has 6 atom stereocenters. The largest absolute Gasteiger partial charge is 0.489 e. The molecule has 0 unspecified atom stereocenters. The summed E-state index contributed by atoms with van der Waals surface area (Å²) < 4.78 is 6.42. The maximum absolute atomic E-state index is 10.7. The van der Waals surface area contributed by atoms with Crippen molar-refractivity contribution in [2.75, 3.05) is 13.6 Å². The van der Waals surface area contributed by atoms with E-state index in [4.69, 9.17) is 4.74 Å². The number of ether oxygens (including phenoxy) is 1. The van der Waals surface area contributed by atoms with Gasteiger partial charge in [0.05, 0.1) is 12.2 Å². The Morgan fingerprint density at radius 2 is 2.00 bits per heavy atom. The minimum Gasteiger partial charge on any atom is -0.489 e. The molecule has 0 aromatic heterocycles. The number of rotatable bonds is 9. The highest BCUT2D eigenvalue weighted by molar-refractivity contribution is 5.50. The standard InChI is InChI=1S/C29H43NO3/c1-7-8-11-20(2)26(32)16-15-21(12-10-17-30(6)29(3,4)5)23-13-9-14-24-25-18-22(31)19-27(25)33-28(23)24/h9,13-16,20-22,25-27,31-32H,10-12,17-19H2,1-6H3/b16-15+/t20-,21+,22+,25-,26+,27-/m0/s1. The quantitative estimate of drug-likeness (QED) is 0.396. The molecule has 4 heteroatoms. The molecule has 0 saturated heterocycles. The minimum atomic E-state index is -0.516. The molecule has 1 heterocycles. The molecule has 182 valence electrons. The van der Waals surface area contributed by atoms with Crippen LogP contribution in [-0.2, 0) is 0 Å². The van der Waals surface area contributed by atoms with Gasteiger partial charge in [-0.05, 0) is 66.5 Å². The summed E-state index contributed by atoms with van der Waals surface area (Å²) >= 11 is 0. The summed E-state index contributed by atoms with van der Waals surface area (Å²) in [6.45, 7) is 11.6. The van der Waals surface area contributed by atoms with Crippen molar-refractivity contribution in [2.24, 2.45) is 5.92 Å². The number of allylic oxidation sites excluding steroid dienone is 1.